The van der Waals surface area contributed by atoms with Crippen molar-refractivity contribution in [3.63, 3.8) is 0 Å². The lowest BCUT2D eigenvalue weighted by atomic mass is 9.97. The van der Waals surface area contributed by atoms with E-state index in [2.05, 4.69) is 0 Å². The number of hydrogen-bond donors (Lipinski definition) is 1. The lowest BCUT2D eigenvalue weighted by Gasteiger charge is -2.10. The molecule has 0 unspecified atom stereocenters. The van der Waals surface area contributed by atoms with Crippen LogP contribution in [0.15, 0.2) is 78.4 Å². The van der Waals surface area contributed by atoms with Crippen LogP contribution in [0.25, 0.3) is 5.57 Å². The first-order valence-corrected chi connectivity index (χ1v) is 10.7. The Bertz CT molecular complexity index is 1240. The topological polar surface area (TPSA) is 68.0 Å². The second kappa shape index (κ2) is 9.61. The molecule has 4 rings (SSSR count). The Morgan fingerprint density at radius 3 is 2.42 bits per heavy atom. The Kier molecular flexibility index (Phi) is 6.45. The number of esters is 1. The number of fused-ring (bicyclic) bond motifs is 1. The van der Waals surface area contributed by atoms with Crippen molar-refractivity contribution in [3.05, 3.63) is 101 Å². The average molecular weight is 445 g/mol. The van der Waals surface area contributed by atoms with Crippen LogP contribution in [0.3, 0.4) is 0 Å². The van der Waals surface area contributed by atoms with Crippen molar-refractivity contribution in [2.24, 2.45) is 0 Å². The van der Waals surface area contributed by atoms with E-state index in [1.165, 1.54) is 7.05 Å². The van der Waals surface area contributed by atoms with Crippen molar-refractivity contribution in [1.29, 1.82) is 0 Å². The van der Waals surface area contributed by atoms with Gasteiger partial charge in [0.15, 0.2) is 7.05 Å². The van der Waals surface area contributed by atoms with Gasteiger partial charge in [-0.3, -0.25) is 5.21 Å². The van der Waals surface area contributed by atoms with Gasteiger partial charge in [0, 0.05) is 5.57 Å². The molecule has 1 N–H and O–H groups in total. The first kappa shape index (κ1) is 22.1. The van der Waals surface area contributed by atoms with E-state index in [4.69, 9.17) is 14.2 Å². The predicted octanol–water partition coefficient (Wildman–Crippen LogP) is 4.47. The van der Waals surface area contributed by atoms with Crippen LogP contribution in [0, 0.1) is 0 Å². The van der Waals surface area contributed by atoms with Crippen LogP contribution in [0.5, 0.6) is 11.5 Å². The van der Waals surface area contributed by atoms with Gasteiger partial charge < -0.3 is 14.2 Å². The highest BCUT2D eigenvalue weighted by molar-refractivity contribution is 6.35. The van der Waals surface area contributed by atoms with Crippen molar-refractivity contribution in [3.8, 4) is 11.5 Å². The monoisotopic (exact) mass is 444 g/mol. The van der Waals surface area contributed by atoms with Gasteiger partial charge in [0.05, 0.1) is 19.3 Å². The highest BCUT2D eigenvalue weighted by Gasteiger charge is 2.40. The molecule has 3 aromatic carbocycles. The van der Waals surface area contributed by atoms with E-state index in [1.807, 2.05) is 72.8 Å². The summed E-state index contributed by atoms with van der Waals surface area (Å²) in [6, 6.07) is 22.9. The highest BCUT2D eigenvalue weighted by Crippen LogP contribution is 2.40. The first-order valence-electron chi connectivity index (χ1n) is 10.7. The van der Waals surface area contributed by atoms with Gasteiger partial charge in [0.1, 0.15) is 23.7 Å². The zero-order valence-electron chi connectivity index (χ0n) is 18.9. The fraction of sp³-hybridized carbons (Fsp3) is 0.185. The number of hydrogen-bond acceptors (Lipinski definition) is 5. The minimum Gasteiger partial charge on any atom is -0.497 e. The number of rotatable bonds is 7. The van der Waals surface area contributed by atoms with Gasteiger partial charge in [-0.1, -0.05) is 42.5 Å². The highest BCUT2D eigenvalue weighted by atomic mass is 16.5. The third kappa shape index (κ3) is 4.46. The fourth-order valence-electron chi connectivity index (χ4n) is 3.99. The molecule has 0 saturated heterocycles. The van der Waals surface area contributed by atoms with Gasteiger partial charge in [0.25, 0.3) is 5.71 Å². The van der Waals surface area contributed by atoms with E-state index in [0.29, 0.717) is 29.2 Å². The normalized spacial score (nSPS) is 14.0. The summed E-state index contributed by atoms with van der Waals surface area (Å²) in [5.41, 5.74) is 4.79. The molecule has 0 radical (unpaired) electrons. The summed E-state index contributed by atoms with van der Waals surface area (Å²) in [4.78, 5) is 13.0. The molecule has 0 atom stereocenters. The molecule has 1 aliphatic carbocycles. The summed E-state index contributed by atoms with van der Waals surface area (Å²) < 4.78 is 17.6. The molecule has 0 bridgehead atoms. The maximum Gasteiger partial charge on any atom is 0.345 e. The number of benzene rings is 3. The molecular weight excluding hydrogens is 418 g/mol. The second-order valence-electron chi connectivity index (χ2n) is 7.56. The minimum absolute atomic E-state index is 0.234. The van der Waals surface area contributed by atoms with Crippen LogP contribution in [0.1, 0.15) is 29.2 Å². The molecule has 0 heterocycles. The minimum atomic E-state index is -0.484. The molecule has 1 aliphatic rings. The van der Waals surface area contributed by atoms with Crippen molar-refractivity contribution in [2.75, 3.05) is 20.8 Å². The second-order valence-corrected chi connectivity index (χ2v) is 7.56. The van der Waals surface area contributed by atoms with E-state index >= 15 is 0 Å². The molecule has 0 aliphatic heterocycles. The van der Waals surface area contributed by atoms with Crippen LogP contribution in [-0.4, -0.2) is 42.4 Å². The quantitative estimate of drug-likeness (QED) is 0.252. The molecule has 6 heteroatoms. The summed E-state index contributed by atoms with van der Waals surface area (Å²) in [6.45, 7) is 2.34. The van der Waals surface area contributed by atoms with Crippen LogP contribution < -0.4 is 9.47 Å². The average Bonchev–Trinajstić information content (AvgIpc) is 3.18. The Hall–Kier alpha value is -4.06. The maximum absolute atomic E-state index is 13.0. The van der Waals surface area contributed by atoms with Gasteiger partial charge in [-0.15, -0.1) is 0 Å². The number of ether oxygens (including phenoxy) is 3. The molecule has 0 fully saturated rings. The summed E-state index contributed by atoms with van der Waals surface area (Å²) in [5.74, 6) is 0.897. The van der Waals surface area contributed by atoms with E-state index in [-0.39, 0.29) is 6.61 Å². The van der Waals surface area contributed by atoms with Crippen LogP contribution in [-0.2, 0) is 16.1 Å². The zero-order valence-corrected chi connectivity index (χ0v) is 18.9. The predicted molar refractivity (Wildman–Crippen MR) is 125 cm³/mol. The van der Waals surface area contributed by atoms with Crippen LogP contribution >= 0.6 is 0 Å². The van der Waals surface area contributed by atoms with E-state index in [1.54, 1.807) is 14.0 Å². The number of methoxy groups -OCH3 is 1. The Morgan fingerprint density at radius 1 is 0.939 bits per heavy atom. The van der Waals surface area contributed by atoms with E-state index in [9.17, 15) is 10.0 Å². The Balaban J connectivity index is 1.75. The third-order valence-corrected chi connectivity index (χ3v) is 5.41. The summed E-state index contributed by atoms with van der Waals surface area (Å²) in [5, 5.41) is 10.5. The smallest absolute Gasteiger partial charge is 0.345 e. The maximum atomic E-state index is 13.0. The molecule has 33 heavy (non-hydrogen) atoms. The zero-order chi connectivity index (χ0) is 23.4. The summed E-state index contributed by atoms with van der Waals surface area (Å²) in [6.07, 6.45) is 0. The molecule has 0 spiro atoms. The van der Waals surface area contributed by atoms with E-state index in [0.717, 1.165) is 32.8 Å². The fourth-order valence-corrected chi connectivity index (χ4v) is 3.99. The lowest BCUT2D eigenvalue weighted by Crippen LogP contribution is -2.22. The van der Waals surface area contributed by atoms with E-state index < -0.39 is 5.97 Å². The van der Waals surface area contributed by atoms with Crippen molar-refractivity contribution in [2.45, 2.75) is 13.5 Å². The lowest BCUT2D eigenvalue weighted by molar-refractivity contribution is -0.753. The summed E-state index contributed by atoms with van der Waals surface area (Å²) >= 11 is 0. The van der Waals surface area contributed by atoms with Crippen molar-refractivity contribution >= 4 is 17.3 Å². The van der Waals surface area contributed by atoms with Crippen molar-refractivity contribution in [1.82, 2.24) is 0 Å². The largest absolute Gasteiger partial charge is 0.497 e. The molecule has 0 aromatic heterocycles. The first-order chi connectivity index (χ1) is 16.0. The summed E-state index contributed by atoms with van der Waals surface area (Å²) in [7, 11) is 3.12. The molecule has 0 saturated carbocycles. The SMILES string of the molecule is CCOC(=O)C1=C(c2ccccc2)c2ccc(OCc3cccc(OC)c3)cc2C1=[N+](C)O. The Labute approximate surface area is 192 Å². The standard InChI is InChI=1S/C27H26NO5/c1-4-32-27(29)25-24(19-10-6-5-7-11-19)22-14-13-21(16-23(22)26(25)28(2)30)33-17-18-9-8-12-20(15-18)31-3/h5-16,30H,4,17H2,1-3H3/q+1. The Morgan fingerprint density at radius 2 is 1.73 bits per heavy atom. The van der Waals surface area contributed by atoms with Crippen molar-refractivity contribution < 1.29 is 29.0 Å². The van der Waals surface area contributed by atoms with Crippen LogP contribution in [0.2, 0.25) is 0 Å². The number of hydroxylamine groups is 1. The number of carbonyl (C=O) groups is 1. The van der Waals surface area contributed by atoms with Gasteiger partial charge in [-0.05, 0) is 58.7 Å². The molecule has 3 aromatic rings. The van der Waals surface area contributed by atoms with Gasteiger partial charge >= 0.3 is 5.97 Å². The number of carbonyl (C=O) groups excluding carboxylic acids is 1. The van der Waals surface area contributed by atoms with Gasteiger partial charge in [-0.25, -0.2) is 4.79 Å². The molecule has 6 nitrogen and oxygen atoms in total. The number of nitrogens with zero attached hydrogens (tertiary/aromatic N) is 1. The van der Waals surface area contributed by atoms with Gasteiger partial charge in [0.2, 0.25) is 0 Å². The van der Waals surface area contributed by atoms with Gasteiger partial charge in [-0.2, -0.15) is 0 Å². The molecule has 168 valence electrons. The van der Waals surface area contributed by atoms with Crippen LogP contribution in [0.4, 0.5) is 0 Å². The molecular formula is C27H26NO5+. The third-order valence-electron chi connectivity index (χ3n) is 5.41. The molecule has 0 amide bonds.